The van der Waals surface area contributed by atoms with E-state index in [1.54, 1.807) is 7.11 Å². The molecule has 0 spiro atoms. The zero-order chi connectivity index (χ0) is 13.7. The van der Waals surface area contributed by atoms with Crippen molar-refractivity contribution in [2.45, 2.75) is 46.6 Å². The van der Waals surface area contributed by atoms with E-state index in [9.17, 15) is 0 Å². The number of nitrogens with two attached hydrogens (primary N) is 1. The molecule has 5 heteroatoms. The van der Waals surface area contributed by atoms with Crippen molar-refractivity contribution in [2.24, 2.45) is 5.92 Å². The van der Waals surface area contributed by atoms with Crippen molar-refractivity contribution in [1.29, 1.82) is 0 Å². The third-order valence-corrected chi connectivity index (χ3v) is 2.74. The summed E-state index contributed by atoms with van der Waals surface area (Å²) in [5.41, 5.74) is 6.46. The highest BCUT2D eigenvalue weighted by molar-refractivity contribution is 5.67. The minimum absolute atomic E-state index is 0.318. The van der Waals surface area contributed by atoms with E-state index in [1.807, 2.05) is 0 Å². The molecule has 102 valence electrons. The Morgan fingerprint density at radius 1 is 1.28 bits per heavy atom. The summed E-state index contributed by atoms with van der Waals surface area (Å²) in [5.74, 6) is 2.38. The molecule has 1 unspecified atom stereocenters. The molecule has 0 bridgehead atoms. The summed E-state index contributed by atoms with van der Waals surface area (Å²) < 4.78 is 5.21. The Kier molecular flexibility index (Phi) is 5.19. The Morgan fingerprint density at radius 2 is 1.94 bits per heavy atom. The van der Waals surface area contributed by atoms with Crippen LogP contribution in [0.5, 0.6) is 5.88 Å². The Labute approximate surface area is 109 Å². The van der Waals surface area contributed by atoms with Crippen LogP contribution < -0.4 is 15.8 Å². The SMILES string of the molecule is CCC(C)Nc1nc(CC(C)C)nc(OC)c1N. The predicted octanol–water partition coefficient (Wildman–Crippen LogP) is 2.48. The molecule has 0 aliphatic rings. The van der Waals surface area contributed by atoms with Gasteiger partial charge in [0.25, 0.3) is 0 Å². The zero-order valence-electron chi connectivity index (χ0n) is 11.9. The first-order valence-corrected chi connectivity index (χ1v) is 6.44. The number of nitrogens with one attached hydrogen (secondary N) is 1. The molecule has 1 atom stereocenters. The molecule has 1 heterocycles. The quantitative estimate of drug-likeness (QED) is 0.813. The first-order chi connectivity index (χ1) is 8.47. The summed E-state index contributed by atoms with van der Waals surface area (Å²) in [6.07, 6.45) is 1.82. The number of ether oxygens (including phenoxy) is 1. The minimum Gasteiger partial charge on any atom is -0.479 e. The molecule has 1 aromatic heterocycles. The van der Waals surface area contributed by atoms with E-state index < -0.39 is 0 Å². The molecule has 18 heavy (non-hydrogen) atoms. The maximum Gasteiger partial charge on any atom is 0.242 e. The van der Waals surface area contributed by atoms with E-state index in [0.29, 0.717) is 29.3 Å². The van der Waals surface area contributed by atoms with Crippen molar-refractivity contribution in [3.63, 3.8) is 0 Å². The van der Waals surface area contributed by atoms with Gasteiger partial charge in [-0.2, -0.15) is 4.98 Å². The Bertz CT molecular complexity index is 393. The normalized spacial score (nSPS) is 12.6. The lowest BCUT2D eigenvalue weighted by atomic mass is 10.1. The highest BCUT2D eigenvalue weighted by Gasteiger charge is 2.14. The number of methoxy groups -OCH3 is 1. The lowest BCUT2D eigenvalue weighted by molar-refractivity contribution is 0.396. The molecule has 0 saturated heterocycles. The van der Waals surface area contributed by atoms with Gasteiger partial charge >= 0.3 is 0 Å². The first kappa shape index (κ1) is 14.5. The predicted molar refractivity (Wildman–Crippen MR) is 74.9 cm³/mol. The summed E-state index contributed by atoms with van der Waals surface area (Å²) in [5, 5.41) is 3.29. The average Bonchev–Trinajstić information content (AvgIpc) is 2.32. The smallest absolute Gasteiger partial charge is 0.242 e. The van der Waals surface area contributed by atoms with Crippen molar-refractivity contribution in [2.75, 3.05) is 18.2 Å². The van der Waals surface area contributed by atoms with Crippen LogP contribution in [0.1, 0.15) is 39.9 Å². The standard InChI is InChI=1S/C13H24N4O/c1-6-9(4)15-12-11(14)13(18-5)17-10(16-12)7-8(2)3/h8-9H,6-7,14H2,1-5H3,(H,15,16,17). The third-order valence-electron chi connectivity index (χ3n) is 2.74. The van der Waals surface area contributed by atoms with E-state index in [1.165, 1.54) is 0 Å². The number of nitrogens with zero attached hydrogens (tertiary/aromatic N) is 2. The van der Waals surface area contributed by atoms with Gasteiger partial charge in [0.15, 0.2) is 5.82 Å². The largest absolute Gasteiger partial charge is 0.479 e. The second-order valence-corrected chi connectivity index (χ2v) is 4.96. The molecule has 1 rings (SSSR count). The molecule has 5 nitrogen and oxygen atoms in total. The number of anilines is 2. The second-order valence-electron chi connectivity index (χ2n) is 4.96. The van der Waals surface area contributed by atoms with E-state index >= 15 is 0 Å². The van der Waals surface area contributed by atoms with Crippen LogP contribution in [0, 0.1) is 5.92 Å². The number of hydrogen-bond donors (Lipinski definition) is 2. The molecular formula is C13H24N4O. The monoisotopic (exact) mass is 252 g/mol. The van der Waals surface area contributed by atoms with Crippen molar-refractivity contribution in [3.8, 4) is 5.88 Å². The summed E-state index contributed by atoms with van der Waals surface area (Å²) in [6.45, 7) is 8.47. The maximum absolute atomic E-state index is 5.98. The van der Waals surface area contributed by atoms with Gasteiger partial charge in [0.1, 0.15) is 11.5 Å². The third kappa shape index (κ3) is 3.75. The minimum atomic E-state index is 0.318. The van der Waals surface area contributed by atoms with Crippen molar-refractivity contribution in [3.05, 3.63) is 5.82 Å². The molecule has 0 aliphatic carbocycles. The lowest BCUT2D eigenvalue weighted by Crippen LogP contribution is -2.18. The molecule has 0 aliphatic heterocycles. The molecule has 3 N–H and O–H groups in total. The Balaban J connectivity index is 3.06. The van der Waals surface area contributed by atoms with Gasteiger partial charge < -0.3 is 15.8 Å². The molecule has 0 amide bonds. The van der Waals surface area contributed by atoms with Gasteiger partial charge in [-0.3, -0.25) is 0 Å². The van der Waals surface area contributed by atoms with E-state index in [0.717, 1.165) is 18.7 Å². The van der Waals surface area contributed by atoms with Gasteiger partial charge in [0.2, 0.25) is 5.88 Å². The molecule has 0 radical (unpaired) electrons. The highest BCUT2D eigenvalue weighted by atomic mass is 16.5. The fourth-order valence-electron chi connectivity index (χ4n) is 1.55. The summed E-state index contributed by atoms with van der Waals surface area (Å²) >= 11 is 0. The Hall–Kier alpha value is -1.52. The van der Waals surface area contributed by atoms with Crippen LogP contribution in [0.2, 0.25) is 0 Å². The zero-order valence-corrected chi connectivity index (χ0v) is 11.9. The maximum atomic E-state index is 5.98. The fraction of sp³-hybridized carbons (Fsp3) is 0.692. The van der Waals surface area contributed by atoms with E-state index in [2.05, 4.69) is 43.0 Å². The van der Waals surface area contributed by atoms with E-state index in [-0.39, 0.29) is 0 Å². The number of hydrogen-bond acceptors (Lipinski definition) is 5. The fourth-order valence-corrected chi connectivity index (χ4v) is 1.55. The number of aromatic nitrogens is 2. The summed E-state index contributed by atoms with van der Waals surface area (Å²) in [7, 11) is 1.57. The van der Waals surface area contributed by atoms with Crippen LogP contribution >= 0.6 is 0 Å². The molecule has 1 aromatic rings. The van der Waals surface area contributed by atoms with Gasteiger partial charge in [0, 0.05) is 12.5 Å². The van der Waals surface area contributed by atoms with Crippen LogP contribution in [0.3, 0.4) is 0 Å². The van der Waals surface area contributed by atoms with Gasteiger partial charge in [-0.05, 0) is 19.3 Å². The highest BCUT2D eigenvalue weighted by Crippen LogP contribution is 2.27. The molecule has 0 aromatic carbocycles. The van der Waals surface area contributed by atoms with Crippen molar-refractivity contribution in [1.82, 2.24) is 9.97 Å². The van der Waals surface area contributed by atoms with E-state index in [4.69, 9.17) is 10.5 Å². The van der Waals surface area contributed by atoms with Crippen LogP contribution in [0.15, 0.2) is 0 Å². The average molecular weight is 252 g/mol. The Morgan fingerprint density at radius 3 is 2.44 bits per heavy atom. The first-order valence-electron chi connectivity index (χ1n) is 6.44. The van der Waals surface area contributed by atoms with Crippen LogP contribution in [-0.4, -0.2) is 23.1 Å². The number of rotatable bonds is 6. The van der Waals surface area contributed by atoms with Crippen LogP contribution in [0.4, 0.5) is 11.5 Å². The molecule has 0 fully saturated rings. The summed E-state index contributed by atoms with van der Waals surface area (Å²) in [4.78, 5) is 8.81. The van der Waals surface area contributed by atoms with Gasteiger partial charge in [-0.15, -0.1) is 0 Å². The topological polar surface area (TPSA) is 73.1 Å². The molecular weight excluding hydrogens is 228 g/mol. The van der Waals surface area contributed by atoms with Crippen molar-refractivity contribution < 1.29 is 4.74 Å². The van der Waals surface area contributed by atoms with Gasteiger partial charge in [-0.25, -0.2) is 4.98 Å². The van der Waals surface area contributed by atoms with Gasteiger partial charge in [0.05, 0.1) is 7.11 Å². The van der Waals surface area contributed by atoms with Crippen LogP contribution in [0.25, 0.3) is 0 Å². The number of nitrogen functional groups attached to an aromatic ring is 1. The van der Waals surface area contributed by atoms with Gasteiger partial charge in [-0.1, -0.05) is 20.8 Å². The molecule has 0 saturated carbocycles. The summed E-state index contributed by atoms with van der Waals surface area (Å²) in [6, 6.07) is 0.318. The van der Waals surface area contributed by atoms with Crippen LogP contribution in [-0.2, 0) is 6.42 Å². The second kappa shape index (κ2) is 6.42. The van der Waals surface area contributed by atoms with Crippen molar-refractivity contribution >= 4 is 11.5 Å². The lowest BCUT2D eigenvalue weighted by Gasteiger charge is -2.16.